The van der Waals surface area contributed by atoms with E-state index in [0.29, 0.717) is 5.52 Å². The molecular formula is C48H31FN2O. The van der Waals surface area contributed by atoms with Gasteiger partial charge in [0.05, 0.1) is 11.0 Å². The number of hydrogen-bond donors (Lipinski definition) is 0. The van der Waals surface area contributed by atoms with Crippen LogP contribution in [0.3, 0.4) is 0 Å². The molecule has 0 unspecified atom stereocenters. The minimum atomic E-state index is -0.240. The van der Waals surface area contributed by atoms with Gasteiger partial charge in [0.25, 0.3) is 0 Å². The fourth-order valence-corrected chi connectivity index (χ4v) is 7.64. The summed E-state index contributed by atoms with van der Waals surface area (Å²) >= 11 is 0. The Bertz CT molecular complexity index is 2890. The van der Waals surface area contributed by atoms with E-state index in [2.05, 4.69) is 138 Å². The van der Waals surface area contributed by atoms with E-state index in [9.17, 15) is 0 Å². The molecule has 0 aliphatic heterocycles. The average Bonchev–Trinajstić information content (AvgIpc) is 3.76. The van der Waals surface area contributed by atoms with E-state index in [1.54, 1.807) is 6.07 Å². The summed E-state index contributed by atoms with van der Waals surface area (Å²) in [6.45, 7) is 0. The zero-order valence-corrected chi connectivity index (χ0v) is 28.1. The zero-order valence-electron chi connectivity index (χ0n) is 28.1. The Kier molecular flexibility index (Phi) is 7.00. The molecule has 4 heteroatoms. The maximum absolute atomic E-state index is 15.4. The van der Waals surface area contributed by atoms with Gasteiger partial charge in [-0.3, -0.25) is 0 Å². The number of fused-ring (bicyclic) bond motifs is 6. The number of rotatable bonds is 6. The first kappa shape index (κ1) is 30.0. The van der Waals surface area contributed by atoms with Crippen LogP contribution in [0.4, 0.5) is 21.5 Å². The predicted molar refractivity (Wildman–Crippen MR) is 214 cm³/mol. The molecule has 10 rings (SSSR count). The number of hydrogen-bond acceptors (Lipinski definition) is 2. The molecule has 8 aromatic carbocycles. The number of furan rings is 1. The van der Waals surface area contributed by atoms with Crippen LogP contribution in [0.25, 0.3) is 71.7 Å². The van der Waals surface area contributed by atoms with Gasteiger partial charge in [0.15, 0.2) is 0 Å². The van der Waals surface area contributed by atoms with Crippen molar-refractivity contribution in [2.45, 2.75) is 0 Å². The molecule has 2 aromatic heterocycles. The third-order valence-corrected chi connectivity index (χ3v) is 10.1. The Morgan fingerprint density at radius 2 is 0.981 bits per heavy atom. The van der Waals surface area contributed by atoms with Gasteiger partial charge < -0.3 is 13.9 Å². The van der Waals surface area contributed by atoms with E-state index in [1.807, 2.05) is 47.0 Å². The molecule has 0 saturated carbocycles. The van der Waals surface area contributed by atoms with Crippen molar-refractivity contribution >= 4 is 60.8 Å². The normalized spacial score (nSPS) is 11.6. The van der Waals surface area contributed by atoms with E-state index < -0.39 is 0 Å². The van der Waals surface area contributed by atoms with Gasteiger partial charge in [-0.1, -0.05) is 121 Å². The van der Waals surface area contributed by atoms with E-state index in [4.69, 9.17) is 4.42 Å². The Hall–Kier alpha value is -6.91. The van der Waals surface area contributed by atoms with Crippen molar-refractivity contribution in [2.24, 2.45) is 0 Å². The summed E-state index contributed by atoms with van der Waals surface area (Å²) in [6.07, 6.45) is 0. The van der Waals surface area contributed by atoms with Crippen LogP contribution in [0.2, 0.25) is 0 Å². The van der Waals surface area contributed by atoms with Crippen molar-refractivity contribution in [1.29, 1.82) is 0 Å². The number of benzene rings is 8. The monoisotopic (exact) mass is 670 g/mol. The second kappa shape index (κ2) is 12.1. The first-order valence-corrected chi connectivity index (χ1v) is 17.5. The van der Waals surface area contributed by atoms with Crippen molar-refractivity contribution in [2.75, 3.05) is 4.90 Å². The summed E-state index contributed by atoms with van der Waals surface area (Å²) in [4.78, 5) is 2.26. The Morgan fingerprint density at radius 3 is 1.73 bits per heavy atom. The predicted octanol–water partition coefficient (Wildman–Crippen LogP) is 13.6. The lowest BCUT2D eigenvalue weighted by Gasteiger charge is -2.26. The third-order valence-electron chi connectivity index (χ3n) is 10.1. The number of halogens is 1. The van der Waals surface area contributed by atoms with Crippen LogP contribution in [-0.4, -0.2) is 4.57 Å². The molecule has 0 N–H and O–H groups in total. The van der Waals surface area contributed by atoms with Gasteiger partial charge >= 0.3 is 0 Å². The highest BCUT2D eigenvalue weighted by atomic mass is 19.1. The van der Waals surface area contributed by atoms with Crippen molar-refractivity contribution in [3.63, 3.8) is 0 Å². The highest BCUT2D eigenvalue weighted by molar-refractivity contribution is 6.10. The maximum Gasteiger partial charge on any atom is 0.147 e. The number of para-hydroxylation sites is 4. The van der Waals surface area contributed by atoms with E-state index in [1.165, 1.54) is 11.6 Å². The molecule has 0 atom stereocenters. The maximum atomic E-state index is 15.4. The molecule has 0 aliphatic carbocycles. The fraction of sp³-hybridized carbons (Fsp3) is 0. The summed E-state index contributed by atoms with van der Waals surface area (Å²) in [7, 11) is 0. The summed E-state index contributed by atoms with van der Waals surface area (Å²) < 4.78 is 23.8. The highest BCUT2D eigenvalue weighted by Gasteiger charge is 2.18. The third kappa shape index (κ3) is 4.88. The van der Waals surface area contributed by atoms with Crippen LogP contribution in [-0.2, 0) is 0 Å². The first-order chi connectivity index (χ1) is 25.7. The quantitative estimate of drug-likeness (QED) is 0.176. The van der Waals surface area contributed by atoms with Crippen molar-refractivity contribution in [3.8, 4) is 27.9 Å². The van der Waals surface area contributed by atoms with Crippen LogP contribution >= 0.6 is 0 Å². The molecular weight excluding hydrogens is 640 g/mol. The van der Waals surface area contributed by atoms with Crippen LogP contribution in [0.15, 0.2) is 192 Å². The Balaban J connectivity index is 1.08. The molecule has 52 heavy (non-hydrogen) atoms. The van der Waals surface area contributed by atoms with Crippen LogP contribution < -0.4 is 4.90 Å². The lowest BCUT2D eigenvalue weighted by molar-refractivity contribution is 0.635. The number of aromatic nitrogens is 1. The Morgan fingerprint density at radius 1 is 0.423 bits per heavy atom. The summed E-state index contributed by atoms with van der Waals surface area (Å²) in [5.41, 5.74) is 11.7. The summed E-state index contributed by atoms with van der Waals surface area (Å²) in [5.74, 6) is -0.240. The average molecular weight is 671 g/mol. The van der Waals surface area contributed by atoms with E-state index in [-0.39, 0.29) is 5.82 Å². The lowest BCUT2D eigenvalue weighted by atomic mass is 10.0. The molecule has 2 heterocycles. The molecule has 0 bridgehead atoms. The van der Waals surface area contributed by atoms with Crippen LogP contribution in [0.1, 0.15) is 0 Å². The van der Waals surface area contributed by atoms with Gasteiger partial charge in [0.2, 0.25) is 0 Å². The first-order valence-electron chi connectivity index (χ1n) is 17.5. The van der Waals surface area contributed by atoms with Crippen LogP contribution in [0.5, 0.6) is 0 Å². The minimum absolute atomic E-state index is 0.240. The van der Waals surface area contributed by atoms with E-state index in [0.717, 1.165) is 77.7 Å². The SMILES string of the molecule is Fc1cccc2c3ccccc3n(-c3ccc(N(c4ccc(-c5ccccc5)cc4)c4ccc(-c5cccc6c5oc5ccccc56)cc4)cc3)c12. The molecule has 246 valence electrons. The molecule has 0 aliphatic rings. The summed E-state index contributed by atoms with van der Waals surface area (Å²) in [6, 6.07) is 64.1. The van der Waals surface area contributed by atoms with E-state index >= 15 is 4.39 Å². The standard InChI is InChI=1S/C48H31FN2O/c49-44-17-9-15-42-40-12-4-6-18-45(40)51(47(42)44)38-30-28-37(29-31-38)50(35-24-20-33(21-25-35)32-10-2-1-3-11-32)36-26-22-34(23-27-36)39-14-8-16-43-41-13-5-7-19-46(41)52-48(39)43/h1-31H. The molecule has 0 radical (unpaired) electrons. The number of nitrogens with zero attached hydrogens (tertiary/aromatic N) is 2. The molecule has 0 amide bonds. The van der Waals surface area contributed by atoms with Crippen molar-refractivity contribution < 1.29 is 8.81 Å². The van der Waals surface area contributed by atoms with Gasteiger partial charge in [-0.15, -0.1) is 0 Å². The van der Waals surface area contributed by atoms with Crippen LogP contribution in [0, 0.1) is 5.82 Å². The second-order valence-corrected chi connectivity index (χ2v) is 13.1. The largest absolute Gasteiger partial charge is 0.455 e. The van der Waals surface area contributed by atoms with Gasteiger partial charge in [-0.2, -0.15) is 0 Å². The molecule has 3 nitrogen and oxygen atoms in total. The zero-order chi connectivity index (χ0) is 34.6. The molecule has 0 saturated heterocycles. The van der Waals surface area contributed by atoms with Gasteiger partial charge in [-0.05, 0) is 83.4 Å². The van der Waals surface area contributed by atoms with Crippen molar-refractivity contribution in [1.82, 2.24) is 4.57 Å². The minimum Gasteiger partial charge on any atom is -0.455 e. The highest BCUT2D eigenvalue weighted by Crippen LogP contribution is 2.40. The van der Waals surface area contributed by atoms with Gasteiger partial charge in [-0.25, -0.2) is 4.39 Å². The van der Waals surface area contributed by atoms with Gasteiger partial charge in [0.1, 0.15) is 17.0 Å². The number of anilines is 3. The molecule has 0 spiro atoms. The smallest absolute Gasteiger partial charge is 0.147 e. The fourth-order valence-electron chi connectivity index (χ4n) is 7.64. The molecule has 0 fully saturated rings. The summed E-state index contributed by atoms with van der Waals surface area (Å²) in [5, 5.41) is 4.16. The molecule has 10 aromatic rings. The lowest BCUT2D eigenvalue weighted by Crippen LogP contribution is -2.10. The van der Waals surface area contributed by atoms with Gasteiger partial charge in [0, 0.05) is 49.9 Å². The topological polar surface area (TPSA) is 21.3 Å². The second-order valence-electron chi connectivity index (χ2n) is 13.1. The Labute approximate surface area is 300 Å². The van der Waals surface area contributed by atoms with Crippen molar-refractivity contribution in [3.05, 3.63) is 194 Å².